The number of anilines is 2. The maximum Gasteiger partial charge on any atom is 0.328 e. The van der Waals surface area contributed by atoms with Gasteiger partial charge in [-0.2, -0.15) is 8.75 Å². The van der Waals surface area contributed by atoms with Gasteiger partial charge in [0.1, 0.15) is 17.6 Å². The van der Waals surface area contributed by atoms with Gasteiger partial charge in [0.2, 0.25) is 0 Å². The van der Waals surface area contributed by atoms with Crippen LogP contribution < -0.4 is 9.62 Å². The third kappa shape index (κ3) is 7.71. The van der Waals surface area contributed by atoms with Crippen molar-refractivity contribution in [2.45, 2.75) is 25.8 Å². The third-order valence-electron chi connectivity index (χ3n) is 5.90. The highest BCUT2D eigenvalue weighted by Gasteiger charge is 2.30. The van der Waals surface area contributed by atoms with Gasteiger partial charge in [-0.25, -0.2) is 17.7 Å². The molecule has 0 radical (unpaired) electrons. The summed E-state index contributed by atoms with van der Waals surface area (Å²) in [7, 11) is 0. The molecule has 0 aliphatic carbocycles. The van der Waals surface area contributed by atoms with Crippen molar-refractivity contribution in [3.05, 3.63) is 103 Å². The molecule has 0 spiro atoms. The number of carbonyl (C=O) groups is 2. The Kier molecular flexibility index (Phi) is 11.0. The second kappa shape index (κ2) is 14.5. The van der Waals surface area contributed by atoms with E-state index in [1.54, 1.807) is 6.92 Å². The first kappa shape index (κ1) is 32.0. The molecule has 1 amide bonds. The molecule has 2 atom stereocenters. The molecular weight excluding hydrogens is 694 g/mol. The zero-order valence-corrected chi connectivity index (χ0v) is 26.5. The highest BCUT2D eigenvalue weighted by Crippen LogP contribution is 2.37. The van der Waals surface area contributed by atoms with Gasteiger partial charge >= 0.3 is 5.97 Å². The van der Waals surface area contributed by atoms with Gasteiger partial charge in [-0.1, -0.05) is 59.6 Å². The van der Waals surface area contributed by atoms with E-state index < -0.39 is 35.0 Å². The first-order valence-corrected chi connectivity index (χ1v) is 15.6. The van der Waals surface area contributed by atoms with Gasteiger partial charge in [-0.05, 0) is 58.2 Å². The van der Waals surface area contributed by atoms with Crippen LogP contribution in [0.1, 0.15) is 34.1 Å². The summed E-state index contributed by atoms with van der Waals surface area (Å²) >= 11 is 13.8. The van der Waals surface area contributed by atoms with Crippen LogP contribution in [0.5, 0.6) is 0 Å². The van der Waals surface area contributed by atoms with E-state index in [4.69, 9.17) is 27.9 Å². The van der Waals surface area contributed by atoms with Gasteiger partial charge in [-0.15, -0.1) is 0 Å². The van der Waals surface area contributed by atoms with Crippen LogP contribution in [0.4, 0.5) is 15.9 Å². The van der Waals surface area contributed by atoms with E-state index in [9.17, 15) is 22.7 Å². The predicted octanol–water partition coefficient (Wildman–Crippen LogP) is 6.52. The number of aromatic nitrogens is 2. The van der Waals surface area contributed by atoms with Gasteiger partial charge in [-0.3, -0.25) is 9.35 Å². The van der Waals surface area contributed by atoms with Crippen molar-refractivity contribution in [2.24, 2.45) is 0 Å². The van der Waals surface area contributed by atoms with Crippen molar-refractivity contribution >= 4 is 85.5 Å². The Bertz CT molecular complexity index is 1630. The largest absolute Gasteiger partial charge is 0.464 e. The molecule has 1 heterocycles. The molecule has 0 aliphatic heterocycles. The summed E-state index contributed by atoms with van der Waals surface area (Å²) in [6.45, 7) is 1.67. The molecule has 0 saturated carbocycles. The van der Waals surface area contributed by atoms with Crippen LogP contribution in [0.25, 0.3) is 0 Å². The average Bonchev–Trinajstić information content (AvgIpc) is 3.39. The molecule has 4 rings (SSSR count). The van der Waals surface area contributed by atoms with Gasteiger partial charge < -0.3 is 10.1 Å². The van der Waals surface area contributed by atoms with Crippen molar-refractivity contribution in [2.75, 3.05) is 10.9 Å². The number of carbonyl (C=O) groups excluding carboxylic acids is 2. The first-order valence-electron chi connectivity index (χ1n) is 12.3. The molecule has 1 aromatic heterocycles. The minimum Gasteiger partial charge on any atom is -0.464 e. The Morgan fingerprint density at radius 1 is 1.12 bits per heavy atom. The Hall–Kier alpha value is -2.94. The molecule has 0 saturated heterocycles. The van der Waals surface area contributed by atoms with Gasteiger partial charge in [0.25, 0.3) is 17.2 Å². The van der Waals surface area contributed by atoms with Crippen molar-refractivity contribution < 1.29 is 27.5 Å². The van der Waals surface area contributed by atoms with E-state index in [2.05, 4.69) is 30.0 Å². The number of hydrogen-bond donors (Lipinski definition) is 2. The highest BCUT2D eigenvalue weighted by molar-refractivity contribution is 9.10. The fourth-order valence-electron chi connectivity index (χ4n) is 3.99. The molecule has 2 unspecified atom stereocenters. The van der Waals surface area contributed by atoms with E-state index in [1.807, 2.05) is 30.3 Å². The van der Waals surface area contributed by atoms with Crippen LogP contribution in [-0.4, -0.2) is 42.0 Å². The Balaban J connectivity index is 1.73. The van der Waals surface area contributed by atoms with E-state index >= 15 is 0 Å². The third-order valence-corrected chi connectivity index (χ3v) is 8.47. The summed E-state index contributed by atoms with van der Waals surface area (Å²) in [5.41, 5.74) is 1.54. The zero-order valence-electron chi connectivity index (χ0n) is 21.7. The highest BCUT2D eigenvalue weighted by atomic mass is 79.9. The molecule has 220 valence electrons. The number of nitrogens with one attached hydrogen (secondary N) is 1. The molecule has 2 N–H and O–H groups in total. The van der Waals surface area contributed by atoms with E-state index in [1.165, 1.54) is 30.3 Å². The number of amides is 1. The molecule has 15 heteroatoms. The van der Waals surface area contributed by atoms with Gasteiger partial charge in [0, 0.05) is 12.8 Å². The molecule has 3 aromatic carbocycles. The lowest BCUT2D eigenvalue weighted by molar-refractivity contribution is -0.145. The zero-order chi connectivity index (χ0) is 30.4. The van der Waals surface area contributed by atoms with Crippen LogP contribution in [0.3, 0.4) is 0 Å². The number of rotatable bonds is 11. The lowest BCUT2D eigenvalue weighted by Gasteiger charge is -2.23. The summed E-state index contributed by atoms with van der Waals surface area (Å²) in [6.07, 6.45) is 0.258. The second-order valence-corrected chi connectivity index (χ2v) is 11.8. The summed E-state index contributed by atoms with van der Waals surface area (Å²) in [5.74, 6) is -2.00. The molecule has 0 bridgehead atoms. The molecule has 4 aromatic rings. The molecule has 0 fully saturated rings. The van der Waals surface area contributed by atoms with Crippen molar-refractivity contribution in [3.63, 3.8) is 0 Å². The van der Waals surface area contributed by atoms with Gasteiger partial charge in [0.05, 0.1) is 44.1 Å². The van der Waals surface area contributed by atoms with Crippen LogP contribution in [-0.2, 0) is 33.6 Å². The number of halogens is 4. The van der Waals surface area contributed by atoms with E-state index in [0.717, 1.165) is 21.6 Å². The standard InChI is InChI=1S/C27H22BrCl2FN4O5S2/c1-2-40-27(37)23(12-16-8-9-21(31)18(28)10-16)32-26(36)17-13-19(29)20(30)14-24(17)35(42(38)39)25-22(33-41-34-25)11-15-6-4-3-5-7-15/h3-10,13-14,23H,2,11-12H2,1H3,(H,32,36)(H,38,39). The van der Waals surface area contributed by atoms with Crippen LogP contribution in [0.2, 0.25) is 10.0 Å². The lowest BCUT2D eigenvalue weighted by Crippen LogP contribution is -2.43. The van der Waals surface area contributed by atoms with Crippen LogP contribution >= 0.6 is 50.9 Å². The topological polar surface area (TPSA) is 122 Å². The molecule has 42 heavy (non-hydrogen) atoms. The minimum atomic E-state index is -2.73. The normalized spacial score (nSPS) is 12.4. The molecule has 9 nitrogen and oxygen atoms in total. The number of nitrogens with zero attached hydrogens (tertiary/aromatic N) is 3. The van der Waals surface area contributed by atoms with E-state index in [0.29, 0.717) is 17.7 Å². The summed E-state index contributed by atoms with van der Waals surface area (Å²) < 4.78 is 51.7. The van der Waals surface area contributed by atoms with Crippen molar-refractivity contribution in [3.8, 4) is 0 Å². The van der Waals surface area contributed by atoms with Crippen molar-refractivity contribution in [1.82, 2.24) is 14.1 Å². The molecule has 0 aliphatic rings. The minimum absolute atomic E-state index is 0.00423. The summed E-state index contributed by atoms with van der Waals surface area (Å²) in [5, 5.41) is 2.61. The lowest BCUT2D eigenvalue weighted by atomic mass is 10.0. The maximum atomic E-state index is 13.8. The Morgan fingerprint density at radius 3 is 2.50 bits per heavy atom. The smallest absolute Gasteiger partial charge is 0.328 e. The first-order chi connectivity index (χ1) is 20.1. The fourth-order valence-corrected chi connectivity index (χ4v) is 5.95. The number of benzene rings is 3. The van der Waals surface area contributed by atoms with Crippen molar-refractivity contribution in [1.29, 1.82) is 0 Å². The molecular formula is C27H22BrCl2FN4O5S2. The fraction of sp³-hybridized carbons (Fsp3) is 0.185. The van der Waals surface area contributed by atoms with E-state index in [-0.39, 0.29) is 44.6 Å². The number of hydrogen-bond acceptors (Lipinski definition) is 7. The SMILES string of the molecule is CCOC(=O)C(Cc1ccc(F)c(Br)c1)NC(=O)c1cc(Cl)c(Cl)cc1N(c1nsnc1Cc1ccccc1)S(=O)O. The second-order valence-electron chi connectivity index (χ2n) is 8.74. The van der Waals surface area contributed by atoms with Gasteiger partial charge in [0.15, 0.2) is 5.82 Å². The number of ether oxygens (including phenoxy) is 1. The summed E-state index contributed by atoms with van der Waals surface area (Å²) in [4.78, 5) is 26.5. The number of esters is 1. The Morgan fingerprint density at radius 2 is 1.83 bits per heavy atom. The monoisotopic (exact) mass is 714 g/mol. The summed E-state index contributed by atoms with van der Waals surface area (Å²) in [6, 6.07) is 14.8. The predicted molar refractivity (Wildman–Crippen MR) is 164 cm³/mol. The van der Waals surface area contributed by atoms with Crippen LogP contribution in [0, 0.1) is 5.82 Å². The van der Waals surface area contributed by atoms with Crippen LogP contribution in [0.15, 0.2) is 65.1 Å². The average molecular weight is 716 g/mol. The maximum absolute atomic E-state index is 13.8. The Labute approximate surface area is 265 Å². The quantitative estimate of drug-likeness (QED) is 0.134.